The van der Waals surface area contributed by atoms with E-state index in [0.717, 1.165) is 23.1 Å². The fraction of sp³-hybridized carbons (Fsp3) is 0.353. The highest BCUT2D eigenvalue weighted by atomic mass is 16.2. The lowest BCUT2D eigenvalue weighted by atomic mass is 9.94. The number of nitrogens with zero attached hydrogens (tertiary/aromatic N) is 2. The normalized spacial score (nSPS) is 14.9. The van der Waals surface area contributed by atoms with E-state index in [1.807, 2.05) is 31.2 Å². The molecule has 5 heteroatoms. The lowest BCUT2D eigenvalue weighted by Crippen LogP contribution is -2.47. The number of pyridine rings is 1. The average molecular weight is 297 g/mol. The van der Waals surface area contributed by atoms with Crippen LogP contribution in [0.5, 0.6) is 0 Å². The minimum absolute atomic E-state index is 0.0856. The fourth-order valence-corrected chi connectivity index (χ4v) is 2.85. The standard InChI is InChI=1S/C17H19N3O2/c1-3-11-6-12-4-5-15(13-8-20(9-13)10(2)21)19-16(12)14(7-11)17(18)22/h4-7,13H,3,8-9H2,1-2H3,(H2,18,22). The second-order valence-corrected chi connectivity index (χ2v) is 5.79. The number of aromatic nitrogens is 1. The zero-order chi connectivity index (χ0) is 15.9. The summed E-state index contributed by atoms with van der Waals surface area (Å²) in [7, 11) is 0. The van der Waals surface area contributed by atoms with Crippen molar-refractivity contribution in [3.05, 3.63) is 41.1 Å². The number of carbonyl (C=O) groups excluding carboxylic acids is 2. The van der Waals surface area contributed by atoms with Crippen molar-refractivity contribution in [1.82, 2.24) is 9.88 Å². The number of fused-ring (bicyclic) bond motifs is 1. The van der Waals surface area contributed by atoms with Gasteiger partial charge in [-0.2, -0.15) is 0 Å². The molecule has 0 bridgehead atoms. The summed E-state index contributed by atoms with van der Waals surface area (Å²) in [5.41, 5.74) is 8.62. The number of amides is 2. The molecule has 1 aromatic heterocycles. The van der Waals surface area contributed by atoms with Crippen LogP contribution < -0.4 is 5.73 Å². The van der Waals surface area contributed by atoms with Crippen LogP contribution in [0.3, 0.4) is 0 Å². The summed E-state index contributed by atoms with van der Waals surface area (Å²) in [6.07, 6.45) is 0.841. The number of nitrogens with two attached hydrogens (primary N) is 1. The van der Waals surface area contributed by atoms with Gasteiger partial charge in [-0.1, -0.05) is 13.0 Å². The van der Waals surface area contributed by atoms with Gasteiger partial charge in [0.15, 0.2) is 0 Å². The summed E-state index contributed by atoms with van der Waals surface area (Å²) in [5.74, 6) is -0.133. The molecular weight excluding hydrogens is 278 g/mol. The third kappa shape index (κ3) is 2.43. The van der Waals surface area contributed by atoms with Gasteiger partial charge in [-0.25, -0.2) is 0 Å². The maximum Gasteiger partial charge on any atom is 0.250 e. The van der Waals surface area contributed by atoms with Gasteiger partial charge in [0.1, 0.15) is 0 Å². The first-order valence-corrected chi connectivity index (χ1v) is 7.48. The Morgan fingerprint density at radius 2 is 2.05 bits per heavy atom. The van der Waals surface area contributed by atoms with Crippen LogP contribution in [0, 0.1) is 0 Å². The van der Waals surface area contributed by atoms with E-state index in [0.29, 0.717) is 24.2 Å². The maximum atomic E-state index is 11.7. The summed E-state index contributed by atoms with van der Waals surface area (Å²) in [4.78, 5) is 29.4. The second kappa shape index (κ2) is 5.40. The Morgan fingerprint density at radius 3 is 2.64 bits per heavy atom. The maximum absolute atomic E-state index is 11.7. The van der Waals surface area contributed by atoms with Crippen LogP contribution in [0.4, 0.5) is 0 Å². The number of primary amides is 1. The van der Waals surface area contributed by atoms with Crippen LogP contribution >= 0.6 is 0 Å². The van der Waals surface area contributed by atoms with E-state index in [4.69, 9.17) is 5.73 Å². The van der Waals surface area contributed by atoms with E-state index >= 15 is 0 Å². The SMILES string of the molecule is CCc1cc(C(N)=O)c2nc(C3CN(C(C)=O)C3)ccc2c1. The van der Waals surface area contributed by atoms with E-state index in [9.17, 15) is 9.59 Å². The molecule has 0 unspecified atom stereocenters. The molecule has 1 saturated heterocycles. The molecule has 114 valence electrons. The molecule has 5 nitrogen and oxygen atoms in total. The fourth-order valence-electron chi connectivity index (χ4n) is 2.85. The van der Waals surface area contributed by atoms with Gasteiger partial charge in [0.05, 0.1) is 11.1 Å². The van der Waals surface area contributed by atoms with Gasteiger partial charge in [0.2, 0.25) is 5.91 Å². The molecule has 3 rings (SSSR count). The molecule has 0 aliphatic carbocycles. The Bertz CT molecular complexity index is 764. The monoisotopic (exact) mass is 297 g/mol. The van der Waals surface area contributed by atoms with Gasteiger partial charge >= 0.3 is 0 Å². The van der Waals surface area contributed by atoms with Crippen LogP contribution in [0.1, 0.15) is 41.4 Å². The molecule has 2 heterocycles. The van der Waals surface area contributed by atoms with E-state index in [1.54, 1.807) is 11.8 Å². The van der Waals surface area contributed by atoms with E-state index < -0.39 is 5.91 Å². The highest BCUT2D eigenvalue weighted by Crippen LogP contribution is 2.28. The molecule has 1 aliphatic rings. The number of rotatable bonds is 3. The van der Waals surface area contributed by atoms with Gasteiger partial charge in [0, 0.05) is 37.0 Å². The Labute approximate surface area is 129 Å². The lowest BCUT2D eigenvalue weighted by Gasteiger charge is -2.38. The average Bonchev–Trinajstić information content (AvgIpc) is 2.43. The molecule has 2 N–H and O–H groups in total. The van der Waals surface area contributed by atoms with E-state index in [-0.39, 0.29) is 11.8 Å². The number of benzene rings is 1. The number of carbonyl (C=O) groups is 2. The molecule has 1 aliphatic heterocycles. The molecule has 2 aromatic rings. The first-order chi connectivity index (χ1) is 10.5. The Morgan fingerprint density at radius 1 is 1.32 bits per heavy atom. The van der Waals surface area contributed by atoms with Crippen LogP contribution in [0.25, 0.3) is 10.9 Å². The zero-order valence-corrected chi connectivity index (χ0v) is 12.8. The highest BCUT2D eigenvalue weighted by Gasteiger charge is 2.31. The van der Waals surface area contributed by atoms with Crippen molar-refractivity contribution in [2.45, 2.75) is 26.2 Å². The highest BCUT2D eigenvalue weighted by molar-refractivity contribution is 6.05. The van der Waals surface area contributed by atoms with Crippen molar-refractivity contribution in [2.75, 3.05) is 13.1 Å². The zero-order valence-electron chi connectivity index (χ0n) is 12.8. The van der Waals surface area contributed by atoms with Gasteiger partial charge in [-0.3, -0.25) is 14.6 Å². The van der Waals surface area contributed by atoms with Crippen molar-refractivity contribution in [1.29, 1.82) is 0 Å². The molecule has 0 radical (unpaired) electrons. The number of hydrogen-bond donors (Lipinski definition) is 1. The van der Waals surface area contributed by atoms with Crippen LogP contribution in [0.2, 0.25) is 0 Å². The lowest BCUT2D eigenvalue weighted by molar-refractivity contribution is -0.133. The molecular formula is C17H19N3O2. The predicted octanol–water partition coefficient (Wildman–Crippen LogP) is 1.84. The molecule has 2 amide bonds. The minimum atomic E-state index is -0.455. The summed E-state index contributed by atoms with van der Waals surface area (Å²) in [5, 5.41) is 0.930. The predicted molar refractivity (Wildman–Crippen MR) is 84.6 cm³/mol. The quantitative estimate of drug-likeness (QED) is 0.939. The molecule has 0 atom stereocenters. The summed E-state index contributed by atoms with van der Waals surface area (Å²) in [6, 6.07) is 7.83. The number of aryl methyl sites for hydroxylation is 1. The minimum Gasteiger partial charge on any atom is -0.366 e. The van der Waals surface area contributed by atoms with Crippen molar-refractivity contribution < 1.29 is 9.59 Å². The third-order valence-corrected chi connectivity index (χ3v) is 4.29. The van der Waals surface area contributed by atoms with Gasteiger partial charge in [-0.15, -0.1) is 0 Å². The summed E-state index contributed by atoms with van der Waals surface area (Å²) < 4.78 is 0. The number of likely N-dealkylation sites (tertiary alicyclic amines) is 1. The Balaban J connectivity index is 2.01. The molecule has 1 aromatic carbocycles. The second-order valence-electron chi connectivity index (χ2n) is 5.79. The largest absolute Gasteiger partial charge is 0.366 e. The van der Waals surface area contributed by atoms with Gasteiger partial charge in [0.25, 0.3) is 5.91 Å². The molecule has 0 saturated carbocycles. The summed E-state index contributed by atoms with van der Waals surface area (Å²) >= 11 is 0. The van der Waals surface area contributed by atoms with Crippen LogP contribution in [-0.4, -0.2) is 34.8 Å². The molecule has 1 fully saturated rings. The van der Waals surface area contributed by atoms with Crippen molar-refractivity contribution in [2.24, 2.45) is 5.73 Å². The van der Waals surface area contributed by atoms with Gasteiger partial charge in [-0.05, 0) is 30.2 Å². The van der Waals surface area contributed by atoms with Crippen molar-refractivity contribution in [3.63, 3.8) is 0 Å². The Kier molecular flexibility index (Phi) is 3.56. The molecule has 0 spiro atoms. The number of hydrogen-bond acceptors (Lipinski definition) is 3. The van der Waals surface area contributed by atoms with E-state index in [2.05, 4.69) is 4.98 Å². The van der Waals surface area contributed by atoms with Crippen LogP contribution in [-0.2, 0) is 11.2 Å². The molecule has 22 heavy (non-hydrogen) atoms. The Hall–Kier alpha value is -2.43. The van der Waals surface area contributed by atoms with Crippen LogP contribution in [0.15, 0.2) is 24.3 Å². The first-order valence-electron chi connectivity index (χ1n) is 7.48. The summed E-state index contributed by atoms with van der Waals surface area (Å²) in [6.45, 7) is 4.99. The topological polar surface area (TPSA) is 76.3 Å². The van der Waals surface area contributed by atoms with Crippen molar-refractivity contribution in [3.8, 4) is 0 Å². The van der Waals surface area contributed by atoms with Crippen molar-refractivity contribution >= 4 is 22.7 Å². The smallest absolute Gasteiger partial charge is 0.250 e. The third-order valence-electron chi connectivity index (χ3n) is 4.29. The first kappa shape index (κ1) is 14.5. The van der Waals surface area contributed by atoms with Gasteiger partial charge < -0.3 is 10.6 Å². The van der Waals surface area contributed by atoms with E-state index in [1.165, 1.54) is 0 Å².